The van der Waals surface area contributed by atoms with Gasteiger partial charge in [-0.05, 0) is 6.42 Å². The van der Waals surface area contributed by atoms with Crippen LogP contribution in [-0.2, 0) is 4.79 Å². The second-order valence-electron chi connectivity index (χ2n) is 2.40. The monoisotopic (exact) mass is 126 g/mol. The zero-order valence-electron chi connectivity index (χ0n) is 5.00. The average Bonchev–Trinajstić information content (AvgIpc) is 2.35. The van der Waals surface area contributed by atoms with Crippen LogP contribution < -0.4 is 5.43 Å². The fourth-order valence-electron chi connectivity index (χ4n) is 1.33. The van der Waals surface area contributed by atoms with Gasteiger partial charge in [-0.1, -0.05) is 0 Å². The highest BCUT2D eigenvalue weighted by Gasteiger charge is 2.39. The first-order valence-electron chi connectivity index (χ1n) is 3.15. The third-order valence-corrected chi connectivity index (χ3v) is 1.82. The van der Waals surface area contributed by atoms with Crippen LogP contribution in [0.4, 0.5) is 0 Å². The molecular weight excluding hydrogens is 118 g/mol. The van der Waals surface area contributed by atoms with Crippen LogP contribution in [0.1, 0.15) is 12.8 Å². The van der Waals surface area contributed by atoms with Crippen molar-refractivity contribution in [3.8, 4) is 0 Å². The van der Waals surface area contributed by atoms with Crippen LogP contribution in [0, 0.1) is 0 Å². The first-order chi connectivity index (χ1) is 4.38. The summed E-state index contributed by atoms with van der Waals surface area (Å²) in [5.41, 5.74) is 2.43. The molecule has 4 heteroatoms. The molecule has 0 aliphatic carbocycles. The Hall–Kier alpha value is -0.930. The molecule has 0 radical (unpaired) electrons. The minimum atomic E-state index is 0.0602. The molecule has 0 spiro atoms. The number of carbonyl (C=O) groups is 1. The molecular formula is C5H8N3O+. The van der Waals surface area contributed by atoms with Gasteiger partial charge in [0, 0.05) is 6.42 Å². The molecule has 9 heavy (non-hydrogen) atoms. The zero-order valence-corrected chi connectivity index (χ0v) is 5.00. The number of hydrogen-bond acceptors (Lipinski definition) is 2. The average molecular weight is 126 g/mol. The van der Waals surface area contributed by atoms with Crippen molar-refractivity contribution < 1.29 is 9.49 Å². The van der Waals surface area contributed by atoms with Gasteiger partial charge in [-0.25, -0.2) is 4.79 Å². The zero-order chi connectivity index (χ0) is 6.27. The minimum Gasteiger partial charge on any atom is -0.240 e. The van der Waals surface area contributed by atoms with Crippen LogP contribution in [0.25, 0.3) is 0 Å². The maximum Gasteiger partial charge on any atom is 0.373 e. The number of fused-ring (bicyclic) bond motifs is 1. The van der Waals surface area contributed by atoms with E-state index in [9.17, 15) is 4.79 Å². The van der Waals surface area contributed by atoms with Gasteiger partial charge < -0.3 is 0 Å². The third kappa shape index (κ3) is 0.557. The molecule has 1 fully saturated rings. The summed E-state index contributed by atoms with van der Waals surface area (Å²) >= 11 is 0. The Balaban J connectivity index is 2.28. The largest absolute Gasteiger partial charge is 0.373 e. The van der Waals surface area contributed by atoms with Crippen LogP contribution in [-0.4, -0.2) is 23.2 Å². The van der Waals surface area contributed by atoms with Gasteiger partial charge in [-0.2, -0.15) is 4.70 Å². The standard InChI is InChI=1S/C5H7N3O/c9-5-4-2-1-3-8(4)7-6-5/h4H,1-3H2/p+1. The summed E-state index contributed by atoms with van der Waals surface area (Å²) < 4.78 is 1.82. The summed E-state index contributed by atoms with van der Waals surface area (Å²) in [4.78, 5) is 10.8. The molecule has 1 N–H and O–H groups in total. The van der Waals surface area contributed by atoms with E-state index in [0.717, 1.165) is 19.4 Å². The first kappa shape index (κ1) is 4.90. The highest BCUT2D eigenvalue weighted by molar-refractivity contribution is 5.80. The van der Waals surface area contributed by atoms with Crippen molar-refractivity contribution >= 4 is 5.91 Å². The summed E-state index contributed by atoms with van der Waals surface area (Å²) in [5, 5.41) is 3.81. The van der Waals surface area contributed by atoms with Crippen molar-refractivity contribution in [3.05, 3.63) is 0 Å². The number of rotatable bonds is 0. The van der Waals surface area contributed by atoms with E-state index in [2.05, 4.69) is 10.6 Å². The molecule has 0 bridgehead atoms. The van der Waals surface area contributed by atoms with E-state index in [0.29, 0.717) is 0 Å². The van der Waals surface area contributed by atoms with Crippen molar-refractivity contribution in [1.29, 1.82) is 0 Å². The molecule has 0 aromatic heterocycles. The Bertz CT molecular complexity index is 187. The molecule has 0 aromatic carbocycles. The predicted molar refractivity (Wildman–Crippen MR) is 28.7 cm³/mol. The number of nitrogens with one attached hydrogen (secondary N) is 1. The molecule has 2 rings (SSSR count). The highest BCUT2D eigenvalue weighted by Crippen LogP contribution is 2.15. The molecule has 1 saturated heterocycles. The van der Waals surface area contributed by atoms with Gasteiger partial charge in [0.2, 0.25) is 6.04 Å². The Morgan fingerprint density at radius 1 is 1.78 bits per heavy atom. The smallest absolute Gasteiger partial charge is 0.240 e. The van der Waals surface area contributed by atoms with Crippen molar-refractivity contribution in [3.63, 3.8) is 0 Å². The normalized spacial score (nSPS) is 31.8. The van der Waals surface area contributed by atoms with Crippen molar-refractivity contribution in [2.24, 2.45) is 5.22 Å². The quantitative estimate of drug-likeness (QED) is 0.443. The van der Waals surface area contributed by atoms with Gasteiger partial charge in [-0.15, -0.1) is 5.43 Å². The van der Waals surface area contributed by atoms with Gasteiger partial charge in [0.05, 0.1) is 5.22 Å². The second kappa shape index (κ2) is 1.52. The maximum absolute atomic E-state index is 10.8. The van der Waals surface area contributed by atoms with Crippen LogP contribution in [0.3, 0.4) is 0 Å². The van der Waals surface area contributed by atoms with Gasteiger partial charge >= 0.3 is 5.91 Å². The summed E-state index contributed by atoms with van der Waals surface area (Å²) in [6.07, 6.45) is 2.07. The van der Waals surface area contributed by atoms with E-state index < -0.39 is 0 Å². The van der Waals surface area contributed by atoms with Crippen molar-refractivity contribution in [2.45, 2.75) is 18.9 Å². The molecule has 1 amide bonds. The second-order valence-corrected chi connectivity index (χ2v) is 2.40. The molecule has 4 nitrogen and oxygen atoms in total. The topological polar surface area (TPSA) is 44.5 Å². The molecule has 2 aliphatic rings. The SMILES string of the molecule is O=C1NN=[N+]2CCCC12. The van der Waals surface area contributed by atoms with E-state index >= 15 is 0 Å². The Labute approximate surface area is 52.5 Å². The Kier molecular flexibility index (Phi) is 0.831. The van der Waals surface area contributed by atoms with Gasteiger partial charge in [-0.3, -0.25) is 0 Å². The molecule has 0 saturated carbocycles. The summed E-state index contributed by atoms with van der Waals surface area (Å²) in [5.74, 6) is 0.0625. The summed E-state index contributed by atoms with van der Waals surface area (Å²) in [6, 6.07) is 0.0602. The molecule has 0 aromatic rings. The van der Waals surface area contributed by atoms with Crippen LogP contribution in [0.15, 0.2) is 5.22 Å². The fraction of sp³-hybridized carbons (Fsp3) is 0.800. The lowest BCUT2D eigenvalue weighted by Crippen LogP contribution is -2.25. The highest BCUT2D eigenvalue weighted by atomic mass is 16.2. The number of hydrogen-bond donors (Lipinski definition) is 1. The van der Waals surface area contributed by atoms with E-state index in [-0.39, 0.29) is 11.9 Å². The van der Waals surface area contributed by atoms with Crippen LogP contribution in [0.5, 0.6) is 0 Å². The van der Waals surface area contributed by atoms with Gasteiger partial charge in [0.1, 0.15) is 6.54 Å². The van der Waals surface area contributed by atoms with E-state index in [4.69, 9.17) is 0 Å². The molecule has 1 unspecified atom stereocenters. The minimum absolute atomic E-state index is 0.0602. The molecule has 2 aliphatic heterocycles. The first-order valence-corrected chi connectivity index (χ1v) is 3.15. The van der Waals surface area contributed by atoms with E-state index in [1.807, 2.05) is 4.70 Å². The lowest BCUT2D eigenvalue weighted by Gasteiger charge is -1.88. The summed E-state index contributed by atoms with van der Waals surface area (Å²) in [7, 11) is 0. The van der Waals surface area contributed by atoms with E-state index in [1.54, 1.807) is 0 Å². The van der Waals surface area contributed by atoms with Crippen molar-refractivity contribution in [1.82, 2.24) is 5.43 Å². The Morgan fingerprint density at radius 2 is 2.67 bits per heavy atom. The Morgan fingerprint density at radius 3 is 3.44 bits per heavy atom. The lowest BCUT2D eigenvalue weighted by atomic mass is 10.2. The molecule has 2 heterocycles. The molecule has 48 valence electrons. The maximum atomic E-state index is 10.8. The third-order valence-electron chi connectivity index (χ3n) is 1.82. The predicted octanol–water partition coefficient (Wildman–Crippen LogP) is -0.342. The number of carbonyl (C=O) groups excluding carboxylic acids is 1. The molecule has 1 atom stereocenters. The van der Waals surface area contributed by atoms with Crippen LogP contribution >= 0.6 is 0 Å². The van der Waals surface area contributed by atoms with Crippen LogP contribution in [0.2, 0.25) is 0 Å². The number of nitrogens with zero attached hydrogens (tertiary/aromatic N) is 2. The van der Waals surface area contributed by atoms with Crippen molar-refractivity contribution in [2.75, 3.05) is 6.54 Å². The fourth-order valence-corrected chi connectivity index (χ4v) is 1.33. The summed E-state index contributed by atoms with van der Waals surface area (Å²) in [6.45, 7) is 0.934. The van der Waals surface area contributed by atoms with Gasteiger partial charge in [0.15, 0.2) is 0 Å². The lowest BCUT2D eigenvalue weighted by molar-refractivity contribution is -0.588. The van der Waals surface area contributed by atoms with Gasteiger partial charge in [0.25, 0.3) is 0 Å². The van der Waals surface area contributed by atoms with E-state index in [1.165, 1.54) is 0 Å². The number of amides is 1.